The summed E-state index contributed by atoms with van der Waals surface area (Å²) in [5.41, 5.74) is -0.669. The van der Waals surface area contributed by atoms with Crippen molar-refractivity contribution in [2.24, 2.45) is 0 Å². The van der Waals surface area contributed by atoms with Gasteiger partial charge in [0.15, 0.2) is 0 Å². The molecule has 2 aromatic rings. The number of halogens is 3. The van der Waals surface area contributed by atoms with Crippen LogP contribution in [-0.2, 0) is 21.0 Å². The Bertz CT molecular complexity index is 900. The van der Waals surface area contributed by atoms with E-state index in [4.69, 9.17) is 0 Å². The number of para-hydroxylation sites is 1. The molecule has 0 aliphatic carbocycles. The average molecular weight is 400 g/mol. The maximum absolute atomic E-state index is 12.8. The molecule has 0 saturated heterocycles. The first kappa shape index (κ1) is 20.8. The van der Waals surface area contributed by atoms with E-state index < -0.39 is 33.7 Å². The Balaban J connectivity index is 2.34. The molecule has 0 aliphatic heterocycles. The Labute approximate surface area is 155 Å². The number of anilines is 2. The van der Waals surface area contributed by atoms with Gasteiger partial charge in [0.05, 0.1) is 17.5 Å². The smallest absolute Gasteiger partial charge is 0.324 e. The topological polar surface area (TPSA) is 66.5 Å². The molecule has 27 heavy (non-hydrogen) atoms. The Morgan fingerprint density at radius 2 is 1.74 bits per heavy atom. The summed E-state index contributed by atoms with van der Waals surface area (Å²) in [4.78, 5) is 12.7. The molecule has 1 atom stereocenters. The van der Waals surface area contributed by atoms with Crippen molar-refractivity contribution in [1.82, 2.24) is 0 Å². The van der Waals surface area contributed by atoms with Crippen LogP contribution < -0.4 is 9.62 Å². The number of benzene rings is 2. The van der Waals surface area contributed by atoms with E-state index in [0.717, 1.165) is 22.7 Å². The van der Waals surface area contributed by atoms with Crippen molar-refractivity contribution in [2.75, 3.05) is 15.9 Å². The second kappa shape index (κ2) is 7.99. The fraction of sp³-hybridized carbons (Fsp3) is 0.278. The van der Waals surface area contributed by atoms with E-state index in [9.17, 15) is 26.4 Å². The quantitative estimate of drug-likeness (QED) is 0.800. The third kappa shape index (κ3) is 5.22. The molecule has 9 heteroatoms. The minimum atomic E-state index is -4.55. The molecule has 0 spiro atoms. The lowest BCUT2D eigenvalue weighted by molar-refractivity contribution is -0.137. The summed E-state index contributed by atoms with van der Waals surface area (Å²) in [6, 6.07) is 11.1. The van der Waals surface area contributed by atoms with E-state index in [2.05, 4.69) is 5.32 Å². The van der Waals surface area contributed by atoms with Crippen LogP contribution in [0.2, 0.25) is 0 Å². The standard InChI is InChI=1S/C18H19F3N2O3S/c1-3-16(23(27(2,25)26)15-10-5-4-6-11-15)17(24)22-14-9-7-8-13(12-14)18(19,20)21/h4-12,16H,3H2,1-2H3,(H,22,24)/t16-/m1/s1. The van der Waals surface area contributed by atoms with Gasteiger partial charge in [-0.25, -0.2) is 8.42 Å². The Morgan fingerprint density at radius 1 is 1.11 bits per heavy atom. The van der Waals surface area contributed by atoms with Gasteiger partial charge < -0.3 is 5.32 Å². The van der Waals surface area contributed by atoms with Crippen molar-refractivity contribution in [3.05, 3.63) is 60.2 Å². The van der Waals surface area contributed by atoms with E-state index >= 15 is 0 Å². The number of amides is 1. The Kier molecular flexibility index (Phi) is 6.15. The van der Waals surface area contributed by atoms with Crippen LogP contribution in [-0.4, -0.2) is 26.6 Å². The SMILES string of the molecule is CC[C@H](C(=O)Nc1cccc(C(F)(F)F)c1)N(c1ccccc1)S(C)(=O)=O. The second-order valence-corrected chi connectivity index (χ2v) is 7.75. The van der Waals surface area contributed by atoms with Crippen LogP contribution in [0.5, 0.6) is 0 Å². The fourth-order valence-electron chi connectivity index (χ4n) is 2.63. The van der Waals surface area contributed by atoms with Gasteiger partial charge >= 0.3 is 6.18 Å². The first-order valence-corrected chi connectivity index (χ1v) is 9.91. The van der Waals surface area contributed by atoms with Crippen molar-refractivity contribution in [3.63, 3.8) is 0 Å². The zero-order chi connectivity index (χ0) is 20.2. The van der Waals surface area contributed by atoms with Crippen molar-refractivity contribution < 1.29 is 26.4 Å². The molecule has 5 nitrogen and oxygen atoms in total. The van der Waals surface area contributed by atoms with Gasteiger partial charge in [0.1, 0.15) is 6.04 Å². The van der Waals surface area contributed by atoms with Crippen LogP contribution in [0, 0.1) is 0 Å². The van der Waals surface area contributed by atoms with Gasteiger partial charge in [0.2, 0.25) is 15.9 Å². The van der Waals surface area contributed by atoms with Crippen molar-refractivity contribution >= 4 is 27.3 Å². The van der Waals surface area contributed by atoms with E-state index in [0.29, 0.717) is 5.69 Å². The molecular formula is C18H19F3N2O3S. The molecule has 146 valence electrons. The van der Waals surface area contributed by atoms with Crippen LogP contribution in [0.25, 0.3) is 0 Å². The molecule has 0 aliphatic rings. The average Bonchev–Trinajstić information content (AvgIpc) is 2.58. The summed E-state index contributed by atoms with van der Waals surface area (Å²) in [7, 11) is -3.81. The molecule has 0 fully saturated rings. The molecule has 2 aromatic carbocycles. The lowest BCUT2D eigenvalue weighted by Crippen LogP contribution is -2.47. The molecule has 0 bridgehead atoms. The number of carbonyl (C=O) groups excluding carboxylic acids is 1. The van der Waals surface area contributed by atoms with Gasteiger partial charge in [0, 0.05) is 5.69 Å². The number of sulfonamides is 1. The highest BCUT2D eigenvalue weighted by molar-refractivity contribution is 7.92. The Morgan fingerprint density at radius 3 is 2.26 bits per heavy atom. The molecule has 0 aromatic heterocycles. The number of nitrogens with zero attached hydrogens (tertiary/aromatic N) is 1. The maximum Gasteiger partial charge on any atom is 0.416 e. The van der Waals surface area contributed by atoms with Gasteiger partial charge in [-0.3, -0.25) is 9.10 Å². The first-order chi connectivity index (χ1) is 12.5. The van der Waals surface area contributed by atoms with E-state index in [1.807, 2.05) is 0 Å². The largest absolute Gasteiger partial charge is 0.416 e. The number of nitrogens with one attached hydrogen (secondary N) is 1. The number of alkyl halides is 3. The van der Waals surface area contributed by atoms with Gasteiger partial charge in [0.25, 0.3) is 0 Å². The summed E-state index contributed by atoms with van der Waals surface area (Å²) >= 11 is 0. The minimum Gasteiger partial charge on any atom is -0.324 e. The molecule has 1 N–H and O–H groups in total. The molecular weight excluding hydrogens is 381 g/mol. The summed E-state index contributed by atoms with van der Waals surface area (Å²) in [5.74, 6) is -0.717. The van der Waals surface area contributed by atoms with E-state index in [1.54, 1.807) is 37.3 Å². The third-order valence-electron chi connectivity index (χ3n) is 3.80. The molecule has 0 radical (unpaired) electrons. The van der Waals surface area contributed by atoms with Crippen LogP contribution in [0.3, 0.4) is 0 Å². The molecule has 0 saturated carbocycles. The van der Waals surface area contributed by atoms with Crippen LogP contribution in [0.1, 0.15) is 18.9 Å². The highest BCUT2D eigenvalue weighted by atomic mass is 32.2. The van der Waals surface area contributed by atoms with Crippen LogP contribution in [0.4, 0.5) is 24.5 Å². The number of hydrogen-bond donors (Lipinski definition) is 1. The summed E-state index contributed by atoms with van der Waals surface area (Å²) in [6.45, 7) is 1.62. The zero-order valence-electron chi connectivity index (χ0n) is 14.7. The normalized spacial score (nSPS) is 13.1. The van der Waals surface area contributed by atoms with Gasteiger partial charge in [-0.1, -0.05) is 31.2 Å². The van der Waals surface area contributed by atoms with Gasteiger partial charge in [-0.2, -0.15) is 13.2 Å². The fourth-order valence-corrected chi connectivity index (χ4v) is 3.85. The number of carbonyl (C=O) groups is 1. The highest BCUT2D eigenvalue weighted by Gasteiger charge is 2.33. The second-order valence-electron chi connectivity index (χ2n) is 5.89. The molecule has 2 rings (SSSR count). The molecule has 1 amide bonds. The van der Waals surface area contributed by atoms with Crippen LogP contribution in [0.15, 0.2) is 54.6 Å². The van der Waals surface area contributed by atoms with Crippen molar-refractivity contribution in [3.8, 4) is 0 Å². The predicted octanol–water partition coefficient (Wildman–Crippen LogP) is 3.89. The molecule has 0 heterocycles. The van der Waals surface area contributed by atoms with E-state index in [1.165, 1.54) is 12.1 Å². The zero-order valence-corrected chi connectivity index (χ0v) is 15.5. The number of hydrogen-bond acceptors (Lipinski definition) is 3. The predicted molar refractivity (Wildman–Crippen MR) is 97.9 cm³/mol. The van der Waals surface area contributed by atoms with Crippen LogP contribution >= 0.6 is 0 Å². The summed E-state index contributed by atoms with van der Waals surface area (Å²) < 4.78 is 64.0. The Hall–Kier alpha value is -2.55. The monoisotopic (exact) mass is 400 g/mol. The number of rotatable bonds is 6. The van der Waals surface area contributed by atoms with E-state index in [-0.39, 0.29) is 12.1 Å². The van der Waals surface area contributed by atoms with Gasteiger partial charge in [-0.05, 0) is 36.8 Å². The first-order valence-electron chi connectivity index (χ1n) is 8.06. The van der Waals surface area contributed by atoms with Crippen molar-refractivity contribution in [1.29, 1.82) is 0 Å². The summed E-state index contributed by atoms with van der Waals surface area (Å²) in [5, 5.41) is 2.38. The van der Waals surface area contributed by atoms with Crippen molar-refractivity contribution in [2.45, 2.75) is 25.6 Å². The third-order valence-corrected chi connectivity index (χ3v) is 4.98. The lowest BCUT2D eigenvalue weighted by Gasteiger charge is -2.30. The lowest BCUT2D eigenvalue weighted by atomic mass is 10.1. The summed E-state index contributed by atoms with van der Waals surface area (Å²) in [6.07, 6.45) is -3.44. The highest BCUT2D eigenvalue weighted by Crippen LogP contribution is 2.31. The maximum atomic E-state index is 12.8. The minimum absolute atomic E-state index is 0.0604. The molecule has 0 unspecified atom stereocenters. The van der Waals surface area contributed by atoms with Gasteiger partial charge in [-0.15, -0.1) is 0 Å².